The Morgan fingerprint density at radius 1 is 0.903 bits per heavy atom. The highest BCUT2D eigenvalue weighted by Crippen LogP contribution is 2.45. The molecule has 5 rings (SSSR count). The lowest BCUT2D eigenvalue weighted by Gasteiger charge is -2.38. The van der Waals surface area contributed by atoms with Crippen molar-refractivity contribution in [2.45, 2.75) is 18.4 Å². The Hall–Kier alpha value is -3.86. The van der Waals surface area contributed by atoms with Crippen LogP contribution in [0.4, 0.5) is 5.69 Å². The standard InChI is InChI=1S/C26H21NO4/c28-25(29)24-21-10-4-8-19(21)20-9-5-11-22(23(20)27-24)26(30)31-18-14-12-17(13-15-18)16-6-2-1-3-7-16/h1-9,11-15,19,21,24,27H,10H2,(H,28,29)/p-1/t19-,21+,24-/m1/s1. The van der Waals surface area contributed by atoms with Gasteiger partial charge in [-0.2, -0.15) is 0 Å². The van der Waals surface area contributed by atoms with E-state index in [4.69, 9.17) is 4.74 Å². The fourth-order valence-electron chi connectivity index (χ4n) is 4.53. The fourth-order valence-corrected chi connectivity index (χ4v) is 4.53. The van der Waals surface area contributed by atoms with Gasteiger partial charge in [-0.1, -0.05) is 66.7 Å². The number of hydrogen-bond donors (Lipinski definition) is 1. The van der Waals surface area contributed by atoms with Gasteiger partial charge < -0.3 is 20.0 Å². The first-order valence-electron chi connectivity index (χ1n) is 10.3. The van der Waals surface area contributed by atoms with Gasteiger partial charge in [0.25, 0.3) is 0 Å². The average Bonchev–Trinajstić information content (AvgIpc) is 3.29. The molecular weight excluding hydrogens is 390 g/mol. The lowest BCUT2D eigenvalue weighted by molar-refractivity contribution is -0.308. The molecule has 3 atom stereocenters. The van der Waals surface area contributed by atoms with Gasteiger partial charge >= 0.3 is 5.97 Å². The zero-order valence-electron chi connectivity index (χ0n) is 16.7. The topological polar surface area (TPSA) is 78.5 Å². The lowest BCUT2D eigenvalue weighted by atomic mass is 9.78. The monoisotopic (exact) mass is 410 g/mol. The highest BCUT2D eigenvalue weighted by Gasteiger charge is 2.39. The van der Waals surface area contributed by atoms with Gasteiger partial charge in [-0.15, -0.1) is 0 Å². The van der Waals surface area contributed by atoms with Crippen LogP contribution in [0, 0.1) is 5.92 Å². The SMILES string of the molecule is O=C(Oc1ccc(-c2ccccc2)cc1)c1cccc2c1N[C@@H](C(=O)[O-])[C@H]1CC=C[C@H]21. The first-order chi connectivity index (χ1) is 15.1. The van der Waals surface area contributed by atoms with Crippen LogP contribution in [-0.4, -0.2) is 18.0 Å². The number of allylic oxidation sites excluding steroid dienone is 2. The van der Waals surface area contributed by atoms with E-state index in [1.807, 2.05) is 60.7 Å². The Bertz CT molecular complexity index is 1170. The van der Waals surface area contributed by atoms with Gasteiger partial charge in [0.1, 0.15) is 5.75 Å². The van der Waals surface area contributed by atoms with Crippen LogP contribution < -0.4 is 15.2 Å². The Balaban J connectivity index is 1.41. The molecule has 0 spiro atoms. The fraction of sp³-hybridized carbons (Fsp3) is 0.154. The molecule has 1 N–H and O–H groups in total. The number of hydrogen-bond acceptors (Lipinski definition) is 5. The number of aliphatic carboxylic acids is 1. The number of benzene rings is 3. The van der Waals surface area contributed by atoms with Crippen LogP contribution in [0.5, 0.6) is 5.75 Å². The van der Waals surface area contributed by atoms with Crippen LogP contribution in [0.1, 0.15) is 28.3 Å². The van der Waals surface area contributed by atoms with Crippen molar-refractivity contribution in [3.63, 3.8) is 0 Å². The lowest BCUT2D eigenvalue weighted by Crippen LogP contribution is -2.49. The second-order valence-electron chi connectivity index (χ2n) is 7.84. The second kappa shape index (κ2) is 7.76. The van der Waals surface area contributed by atoms with Crippen LogP contribution in [0.2, 0.25) is 0 Å². The Kier molecular flexibility index (Phi) is 4.79. The minimum Gasteiger partial charge on any atom is -0.548 e. The number of carbonyl (C=O) groups excluding carboxylic acids is 2. The Morgan fingerprint density at radius 2 is 1.65 bits per heavy atom. The van der Waals surface area contributed by atoms with E-state index < -0.39 is 18.0 Å². The number of ether oxygens (including phenoxy) is 1. The van der Waals surface area contributed by atoms with Crippen LogP contribution in [0.3, 0.4) is 0 Å². The molecule has 1 aliphatic heterocycles. The normalized spacial score (nSPS) is 21.0. The molecular formula is C26H20NO4-. The molecule has 2 aliphatic rings. The molecule has 0 saturated heterocycles. The number of carboxylic acid groups (broad SMARTS) is 1. The summed E-state index contributed by atoms with van der Waals surface area (Å²) in [4.78, 5) is 24.7. The number of nitrogens with one attached hydrogen (secondary N) is 1. The molecule has 3 aromatic carbocycles. The molecule has 0 unspecified atom stereocenters. The Morgan fingerprint density at radius 3 is 2.39 bits per heavy atom. The van der Waals surface area contributed by atoms with Crippen molar-refractivity contribution in [3.8, 4) is 16.9 Å². The van der Waals surface area contributed by atoms with Gasteiger partial charge in [0.15, 0.2) is 0 Å². The van der Waals surface area contributed by atoms with Crippen LogP contribution in [0.15, 0.2) is 84.9 Å². The third-order valence-electron chi connectivity index (χ3n) is 6.04. The molecule has 31 heavy (non-hydrogen) atoms. The van der Waals surface area contributed by atoms with E-state index >= 15 is 0 Å². The number of anilines is 1. The molecule has 1 aliphatic carbocycles. The molecule has 1 heterocycles. The van der Waals surface area contributed by atoms with Gasteiger partial charge in [-0.3, -0.25) is 0 Å². The number of rotatable bonds is 4. The summed E-state index contributed by atoms with van der Waals surface area (Å²) in [5.41, 5.74) is 3.83. The second-order valence-corrected chi connectivity index (χ2v) is 7.84. The minimum absolute atomic E-state index is 0.0583. The molecule has 0 saturated carbocycles. The van der Waals surface area contributed by atoms with Crippen molar-refractivity contribution >= 4 is 17.6 Å². The third-order valence-corrected chi connectivity index (χ3v) is 6.04. The molecule has 0 aromatic heterocycles. The van der Waals surface area contributed by atoms with Crippen LogP contribution in [-0.2, 0) is 4.79 Å². The molecule has 5 nitrogen and oxygen atoms in total. The first kappa shape index (κ1) is 19.1. The predicted octanol–water partition coefficient (Wildman–Crippen LogP) is 3.78. The summed E-state index contributed by atoms with van der Waals surface area (Å²) in [6.45, 7) is 0. The molecule has 154 valence electrons. The third kappa shape index (κ3) is 3.48. The van der Waals surface area contributed by atoms with Crippen molar-refractivity contribution < 1.29 is 19.4 Å². The summed E-state index contributed by atoms with van der Waals surface area (Å²) >= 11 is 0. The number of esters is 1. The molecule has 0 amide bonds. The van der Waals surface area contributed by atoms with E-state index in [0.717, 1.165) is 16.7 Å². The van der Waals surface area contributed by atoms with E-state index in [1.165, 1.54) is 0 Å². The molecule has 0 bridgehead atoms. The first-order valence-corrected chi connectivity index (χ1v) is 10.3. The van der Waals surface area contributed by atoms with E-state index in [2.05, 4.69) is 5.32 Å². The number of fused-ring (bicyclic) bond motifs is 3. The number of carboxylic acids is 1. The predicted molar refractivity (Wildman–Crippen MR) is 116 cm³/mol. The van der Waals surface area contributed by atoms with E-state index in [9.17, 15) is 14.7 Å². The van der Waals surface area contributed by atoms with E-state index in [0.29, 0.717) is 23.4 Å². The van der Waals surface area contributed by atoms with Crippen molar-refractivity contribution in [1.29, 1.82) is 0 Å². The highest BCUT2D eigenvalue weighted by atomic mass is 16.5. The average molecular weight is 410 g/mol. The largest absolute Gasteiger partial charge is 0.548 e. The summed E-state index contributed by atoms with van der Waals surface area (Å²) < 4.78 is 5.60. The number of para-hydroxylation sites is 1. The molecule has 0 radical (unpaired) electrons. The van der Waals surface area contributed by atoms with Gasteiger partial charge in [0, 0.05) is 5.92 Å². The maximum Gasteiger partial charge on any atom is 0.345 e. The van der Waals surface area contributed by atoms with Gasteiger partial charge in [-0.05, 0) is 47.2 Å². The maximum absolute atomic E-state index is 13.0. The summed E-state index contributed by atoms with van der Waals surface area (Å²) in [6, 6.07) is 21.8. The Labute approximate surface area is 180 Å². The molecule has 5 heteroatoms. The van der Waals surface area contributed by atoms with Crippen LogP contribution >= 0.6 is 0 Å². The number of carbonyl (C=O) groups is 2. The van der Waals surface area contributed by atoms with Gasteiger partial charge in [0.05, 0.1) is 23.3 Å². The summed E-state index contributed by atoms with van der Waals surface area (Å²) in [6.07, 6.45) is 4.66. The van der Waals surface area contributed by atoms with Crippen LogP contribution in [0.25, 0.3) is 11.1 Å². The summed E-state index contributed by atoms with van der Waals surface area (Å²) in [5, 5.41) is 14.7. The van der Waals surface area contributed by atoms with Gasteiger partial charge in [0.2, 0.25) is 0 Å². The highest BCUT2D eigenvalue weighted by molar-refractivity contribution is 5.99. The van der Waals surface area contributed by atoms with E-state index in [1.54, 1.807) is 24.3 Å². The van der Waals surface area contributed by atoms with Crippen molar-refractivity contribution in [2.75, 3.05) is 5.32 Å². The maximum atomic E-state index is 13.0. The van der Waals surface area contributed by atoms with Crippen molar-refractivity contribution in [1.82, 2.24) is 0 Å². The molecule has 0 fully saturated rings. The minimum atomic E-state index is -1.16. The van der Waals surface area contributed by atoms with Crippen molar-refractivity contribution in [2.24, 2.45) is 5.92 Å². The quantitative estimate of drug-likeness (QED) is 0.402. The summed E-state index contributed by atoms with van der Waals surface area (Å²) in [7, 11) is 0. The zero-order chi connectivity index (χ0) is 21.4. The van der Waals surface area contributed by atoms with Gasteiger partial charge in [-0.25, -0.2) is 4.79 Å². The molecule has 3 aromatic rings. The summed E-state index contributed by atoms with van der Waals surface area (Å²) in [5.74, 6) is -1.45. The van der Waals surface area contributed by atoms with Crippen molar-refractivity contribution in [3.05, 3.63) is 96.1 Å². The smallest absolute Gasteiger partial charge is 0.345 e. The zero-order valence-corrected chi connectivity index (χ0v) is 16.7. The van der Waals surface area contributed by atoms with E-state index in [-0.39, 0.29) is 11.8 Å².